The zero-order valence-electron chi connectivity index (χ0n) is 9.91. The molecule has 0 radical (unpaired) electrons. The molecular weight excluding hydrogens is 255 g/mol. The fourth-order valence-electron chi connectivity index (χ4n) is 1.06. The number of carbonyl (C=O) groups is 1. The van der Waals surface area contributed by atoms with E-state index in [4.69, 9.17) is 9.05 Å². The lowest BCUT2D eigenvalue weighted by Gasteiger charge is -2.15. The van der Waals surface area contributed by atoms with Crippen molar-refractivity contribution in [3.63, 3.8) is 0 Å². The van der Waals surface area contributed by atoms with Crippen LogP contribution >= 0.6 is 8.25 Å². The number of rotatable bonds is 7. The molecule has 0 heterocycles. The zero-order valence-corrected chi connectivity index (χ0v) is 10.8. The van der Waals surface area contributed by atoms with Crippen LogP contribution in [0.2, 0.25) is 0 Å². The fourth-order valence-corrected chi connectivity index (χ4v) is 1.77. The molecule has 0 saturated heterocycles. The predicted molar refractivity (Wildman–Crippen MR) is 66.5 cm³/mol. The molecule has 1 aromatic rings. The standard InChI is InChI=1S/C12H14O5P/c1-3-11(13)12(2,14)9-16-18(15)17-10-7-5-4-6-8-10/h3-8,14H,1,9H2,2H3/q+1. The van der Waals surface area contributed by atoms with Gasteiger partial charge in [0.2, 0.25) is 0 Å². The van der Waals surface area contributed by atoms with Crippen LogP contribution in [0.25, 0.3) is 0 Å². The second-order valence-electron chi connectivity index (χ2n) is 3.74. The van der Waals surface area contributed by atoms with Crippen molar-refractivity contribution in [2.75, 3.05) is 6.61 Å². The van der Waals surface area contributed by atoms with Crippen molar-refractivity contribution in [2.24, 2.45) is 0 Å². The summed E-state index contributed by atoms with van der Waals surface area (Å²) in [4.78, 5) is 11.2. The molecule has 1 N–H and O–H groups in total. The second kappa shape index (κ2) is 6.40. The Morgan fingerprint density at radius 3 is 2.67 bits per heavy atom. The summed E-state index contributed by atoms with van der Waals surface area (Å²) in [5.74, 6) is -0.223. The fraction of sp³-hybridized carbons (Fsp3) is 0.250. The Labute approximate surface area is 106 Å². The highest BCUT2D eigenvalue weighted by molar-refractivity contribution is 7.33. The zero-order chi connectivity index (χ0) is 13.6. The molecule has 2 atom stereocenters. The van der Waals surface area contributed by atoms with Crippen molar-refractivity contribution in [3.05, 3.63) is 43.0 Å². The van der Waals surface area contributed by atoms with Gasteiger partial charge in [-0.25, -0.2) is 4.52 Å². The number of benzene rings is 1. The third kappa shape index (κ3) is 4.37. The van der Waals surface area contributed by atoms with Crippen molar-refractivity contribution in [2.45, 2.75) is 12.5 Å². The molecule has 0 fully saturated rings. The Morgan fingerprint density at radius 1 is 1.50 bits per heavy atom. The van der Waals surface area contributed by atoms with Crippen LogP contribution in [0.3, 0.4) is 0 Å². The number of carbonyl (C=O) groups excluding carboxylic acids is 1. The average molecular weight is 269 g/mol. The maximum atomic E-state index is 11.4. The molecule has 18 heavy (non-hydrogen) atoms. The number of para-hydroxylation sites is 1. The second-order valence-corrected chi connectivity index (χ2v) is 4.63. The van der Waals surface area contributed by atoms with Gasteiger partial charge >= 0.3 is 8.25 Å². The summed E-state index contributed by atoms with van der Waals surface area (Å²) in [6.45, 7) is 4.07. The molecule has 0 spiro atoms. The summed E-state index contributed by atoms with van der Waals surface area (Å²) in [6, 6.07) is 8.45. The first-order valence-electron chi connectivity index (χ1n) is 5.18. The highest BCUT2D eigenvalue weighted by Crippen LogP contribution is 2.28. The van der Waals surface area contributed by atoms with Gasteiger partial charge in [0, 0.05) is 4.57 Å². The molecule has 0 aromatic heterocycles. The Bertz CT molecular complexity index is 441. The maximum Gasteiger partial charge on any atom is 0.750 e. The molecule has 1 aromatic carbocycles. The maximum absolute atomic E-state index is 11.4. The highest BCUT2D eigenvalue weighted by atomic mass is 31.1. The summed E-state index contributed by atoms with van der Waals surface area (Å²) in [7, 11) is -2.45. The summed E-state index contributed by atoms with van der Waals surface area (Å²) in [5, 5.41) is 9.67. The topological polar surface area (TPSA) is 72.8 Å². The van der Waals surface area contributed by atoms with Crippen LogP contribution < -0.4 is 4.52 Å². The predicted octanol–water partition coefficient (Wildman–Crippen LogP) is 2.25. The van der Waals surface area contributed by atoms with Gasteiger partial charge in [0.1, 0.15) is 6.61 Å². The first-order valence-corrected chi connectivity index (χ1v) is 6.27. The van der Waals surface area contributed by atoms with E-state index in [1.807, 2.05) is 0 Å². The van der Waals surface area contributed by atoms with Gasteiger partial charge in [0.05, 0.1) is 0 Å². The number of aliphatic hydroxyl groups is 1. The van der Waals surface area contributed by atoms with Crippen molar-refractivity contribution >= 4 is 14.0 Å². The molecule has 6 heteroatoms. The molecule has 96 valence electrons. The third-order valence-corrected chi connectivity index (χ3v) is 2.79. The lowest BCUT2D eigenvalue weighted by molar-refractivity contribution is -0.133. The molecule has 0 aliphatic carbocycles. The van der Waals surface area contributed by atoms with Gasteiger partial charge in [-0.15, -0.1) is 4.52 Å². The Balaban J connectivity index is 2.47. The minimum atomic E-state index is -2.45. The van der Waals surface area contributed by atoms with Crippen LogP contribution in [0, 0.1) is 0 Å². The summed E-state index contributed by atoms with van der Waals surface area (Å²) in [6.07, 6.45) is 0.981. The van der Waals surface area contributed by atoms with Crippen molar-refractivity contribution in [1.82, 2.24) is 0 Å². The van der Waals surface area contributed by atoms with Crippen LogP contribution in [0.4, 0.5) is 0 Å². The lowest BCUT2D eigenvalue weighted by Crippen LogP contribution is -2.38. The summed E-state index contributed by atoms with van der Waals surface area (Å²) in [5.41, 5.74) is -1.76. The third-order valence-electron chi connectivity index (χ3n) is 2.09. The van der Waals surface area contributed by atoms with Crippen molar-refractivity contribution in [1.29, 1.82) is 0 Å². The van der Waals surface area contributed by atoms with E-state index in [1.165, 1.54) is 6.92 Å². The van der Waals surface area contributed by atoms with E-state index in [0.29, 0.717) is 5.75 Å². The van der Waals surface area contributed by atoms with Gasteiger partial charge in [0.15, 0.2) is 17.1 Å². The number of ketones is 1. The van der Waals surface area contributed by atoms with E-state index in [1.54, 1.807) is 30.3 Å². The molecule has 1 rings (SSSR count). The van der Waals surface area contributed by atoms with Crippen LogP contribution in [0.15, 0.2) is 43.0 Å². The largest absolute Gasteiger partial charge is 0.750 e. The summed E-state index contributed by atoms with van der Waals surface area (Å²) >= 11 is 0. The normalized spacial score (nSPS) is 14.4. The Kier molecular flexibility index (Phi) is 5.16. The monoisotopic (exact) mass is 269 g/mol. The molecular formula is C12H14O5P+. The van der Waals surface area contributed by atoms with Crippen molar-refractivity contribution < 1.29 is 23.5 Å². The molecule has 0 bridgehead atoms. The van der Waals surface area contributed by atoms with E-state index in [-0.39, 0.29) is 0 Å². The number of hydrogen-bond donors (Lipinski definition) is 1. The molecule has 2 unspecified atom stereocenters. The van der Waals surface area contributed by atoms with Crippen LogP contribution in [0.1, 0.15) is 6.92 Å². The van der Waals surface area contributed by atoms with E-state index >= 15 is 0 Å². The first kappa shape index (κ1) is 14.5. The van der Waals surface area contributed by atoms with Gasteiger partial charge in [-0.2, -0.15) is 0 Å². The molecule has 0 aliphatic rings. The van der Waals surface area contributed by atoms with E-state index in [0.717, 1.165) is 6.08 Å². The highest BCUT2D eigenvalue weighted by Gasteiger charge is 2.34. The molecule has 5 nitrogen and oxygen atoms in total. The minimum Gasteiger partial charge on any atom is -0.379 e. The lowest BCUT2D eigenvalue weighted by atomic mass is 10.0. The van der Waals surface area contributed by atoms with Gasteiger partial charge in [-0.05, 0) is 25.1 Å². The van der Waals surface area contributed by atoms with Gasteiger partial charge in [0.25, 0.3) is 0 Å². The Morgan fingerprint density at radius 2 is 2.11 bits per heavy atom. The molecule has 0 amide bonds. The van der Waals surface area contributed by atoms with Crippen LogP contribution in [-0.4, -0.2) is 23.1 Å². The van der Waals surface area contributed by atoms with Crippen LogP contribution in [0.5, 0.6) is 5.75 Å². The molecule has 0 saturated carbocycles. The molecule has 0 aliphatic heterocycles. The first-order chi connectivity index (χ1) is 8.45. The number of hydrogen-bond acceptors (Lipinski definition) is 5. The average Bonchev–Trinajstić information content (AvgIpc) is 2.36. The van der Waals surface area contributed by atoms with E-state index in [9.17, 15) is 14.5 Å². The smallest absolute Gasteiger partial charge is 0.379 e. The van der Waals surface area contributed by atoms with Gasteiger partial charge in [-0.1, -0.05) is 24.8 Å². The minimum absolute atomic E-state index is 0.383. The van der Waals surface area contributed by atoms with Gasteiger partial charge in [-0.3, -0.25) is 4.79 Å². The van der Waals surface area contributed by atoms with E-state index in [2.05, 4.69) is 6.58 Å². The van der Waals surface area contributed by atoms with Crippen molar-refractivity contribution in [3.8, 4) is 5.75 Å². The quantitative estimate of drug-likeness (QED) is 0.607. The Hall–Kier alpha value is -1.55. The van der Waals surface area contributed by atoms with Gasteiger partial charge < -0.3 is 5.11 Å². The van der Waals surface area contributed by atoms with E-state index < -0.39 is 26.2 Å². The SMILES string of the molecule is C=CC(=O)C(C)(O)CO[P+](=O)Oc1ccccc1. The summed E-state index contributed by atoms with van der Waals surface area (Å²) < 4.78 is 21.2. The van der Waals surface area contributed by atoms with Crippen LogP contribution in [-0.2, 0) is 13.9 Å².